The molecule has 0 spiro atoms. The maximum atomic E-state index is 11.7. The second kappa shape index (κ2) is 8.12. The molecule has 24 heavy (non-hydrogen) atoms. The predicted molar refractivity (Wildman–Crippen MR) is 98.8 cm³/mol. The molecule has 6 heteroatoms. The normalized spacial score (nSPS) is 13.8. The summed E-state index contributed by atoms with van der Waals surface area (Å²) in [6, 6.07) is 0.387. The summed E-state index contributed by atoms with van der Waals surface area (Å²) in [4.78, 5) is 11.7. The molecule has 0 fully saturated rings. The standard InChI is InChI=1S/C18H36O5Si/c1-14(2)15(19)20-12-13-24(21-16(3,4)5,22-17(6,7)8)23-18(9,10)11/h1,12-13H2,2-11H3. The van der Waals surface area contributed by atoms with Crippen LogP contribution in [0.3, 0.4) is 0 Å². The van der Waals surface area contributed by atoms with Crippen molar-refractivity contribution in [3.05, 3.63) is 12.2 Å². The van der Waals surface area contributed by atoms with Crippen molar-refractivity contribution in [2.45, 2.75) is 92.1 Å². The van der Waals surface area contributed by atoms with Gasteiger partial charge in [-0.05, 0) is 69.2 Å². The Hall–Kier alpha value is -0.693. The molecule has 0 radical (unpaired) electrons. The highest BCUT2D eigenvalue weighted by atomic mass is 28.4. The molecule has 0 aromatic carbocycles. The van der Waals surface area contributed by atoms with Crippen LogP contribution in [0.1, 0.15) is 69.2 Å². The molecule has 0 aliphatic rings. The highest BCUT2D eigenvalue weighted by Gasteiger charge is 2.50. The van der Waals surface area contributed by atoms with Gasteiger partial charge in [0, 0.05) is 5.57 Å². The molecule has 0 rings (SSSR count). The monoisotopic (exact) mass is 360 g/mol. The first kappa shape index (κ1) is 23.3. The van der Waals surface area contributed by atoms with E-state index in [9.17, 15) is 4.79 Å². The lowest BCUT2D eigenvalue weighted by Gasteiger charge is -2.42. The lowest BCUT2D eigenvalue weighted by Crippen LogP contribution is -2.57. The average molecular weight is 361 g/mol. The Bertz CT molecular complexity index is 397. The number of hydrogen-bond acceptors (Lipinski definition) is 5. The van der Waals surface area contributed by atoms with Crippen molar-refractivity contribution in [3.63, 3.8) is 0 Å². The molecule has 0 atom stereocenters. The Labute approximate surface area is 149 Å². The van der Waals surface area contributed by atoms with E-state index in [2.05, 4.69) is 6.58 Å². The van der Waals surface area contributed by atoms with Gasteiger partial charge in [0.1, 0.15) is 0 Å². The minimum Gasteiger partial charge on any atom is -0.462 e. The zero-order valence-electron chi connectivity index (χ0n) is 17.2. The molecule has 0 heterocycles. The maximum Gasteiger partial charge on any atom is 0.505 e. The number of ether oxygens (including phenoxy) is 1. The van der Waals surface area contributed by atoms with Gasteiger partial charge in [0.25, 0.3) is 0 Å². The highest BCUT2D eigenvalue weighted by molar-refractivity contribution is 6.61. The third-order valence-corrected chi connectivity index (χ3v) is 5.96. The van der Waals surface area contributed by atoms with E-state index >= 15 is 0 Å². The van der Waals surface area contributed by atoms with E-state index < -0.39 is 31.6 Å². The highest BCUT2D eigenvalue weighted by Crippen LogP contribution is 2.31. The molecule has 0 saturated heterocycles. The first-order valence-electron chi connectivity index (χ1n) is 8.38. The van der Waals surface area contributed by atoms with Crippen LogP contribution in [0, 0.1) is 0 Å². The average Bonchev–Trinajstić information content (AvgIpc) is 2.20. The Morgan fingerprint density at radius 1 is 0.833 bits per heavy atom. The molecule has 0 aliphatic heterocycles. The molecule has 0 aromatic rings. The molecule has 0 aliphatic carbocycles. The summed E-state index contributed by atoms with van der Waals surface area (Å²) in [6.07, 6.45) is 0. The maximum absolute atomic E-state index is 11.7. The number of carbonyl (C=O) groups excluding carboxylic acids is 1. The zero-order valence-corrected chi connectivity index (χ0v) is 18.2. The van der Waals surface area contributed by atoms with Gasteiger partial charge in [-0.3, -0.25) is 0 Å². The van der Waals surface area contributed by atoms with Crippen LogP contribution in [0.5, 0.6) is 0 Å². The zero-order chi connectivity index (χ0) is 19.4. The fourth-order valence-electron chi connectivity index (χ4n) is 2.01. The largest absolute Gasteiger partial charge is 0.505 e. The summed E-state index contributed by atoms with van der Waals surface area (Å²) in [5.41, 5.74) is -0.962. The molecule has 0 amide bonds. The number of carbonyl (C=O) groups is 1. The van der Waals surface area contributed by atoms with E-state index in [1.807, 2.05) is 62.3 Å². The SMILES string of the molecule is C=C(C)C(=O)OCC[Si](OC(C)(C)C)(OC(C)(C)C)OC(C)(C)C. The fraction of sp³-hybridized carbons (Fsp3) is 0.833. The van der Waals surface area contributed by atoms with E-state index in [1.54, 1.807) is 6.92 Å². The van der Waals surface area contributed by atoms with Crippen LogP contribution in [-0.2, 0) is 22.8 Å². The molecule has 142 valence electrons. The summed E-state index contributed by atoms with van der Waals surface area (Å²) in [5.74, 6) is -0.417. The molecule has 5 nitrogen and oxygen atoms in total. The van der Waals surface area contributed by atoms with Crippen molar-refractivity contribution >= 4 is 14.8 Å². The van der Waals surface area contributed by atoms with Crippen LogP contribution in [0.2, 0.25) is 6.04 Å². The Kier molecular flexibility index (Phi) is 7.89. The van der Waals surface area contributed by atoms with Crippen LogP contribution in [0.25, 0.3) is 0 Å². The molecule has 0 saturated carbocycles. The van der Waals surface area contributed by atoms with Gasteiger partial charge >= 0.3 is 14.8 Å². The summed E-state index contributed by atoms with van der Waals surface area (Å²) in [7, 11) is -3.11. The van der Waals surface area contributed by atoms with Crippen molar-refractivity contribution < 1.29 is 22.8 Å². The van der Waals surface area contributed by atoms with Crippen molar-refractivity contribution in [3.8, 4) is 0 Å². The Morgan fingerprint density at radius 2 is 1.17 bits per heavy atom. The van der Waals surface area contributed by atoms with Crippen LogP contribution < -0.4 is 0 Å². The van der Waals surface area contributed by atoms with Crippen LogP contribution in [0.15, 0.2) is 12.2 Å². The second-order valence-corrected chi connectivity index (χ2v) is 11.5. The minimum absolute atomic E-state index is 0.167. The quantitative estimate of drug-likeness (QED) is 0.380. The topological polar surface area (TPSA) is 54.0 Å². The van der Waals surface area contributed by atoms with Crippen molar-refractivity contribution in [1.29, 1.82) is 0 Å². The van der Waals surface area contributed by atoms with Crippen molar-refractivity contribution in [2.75, 3.05) is 6.61 Å². The van der Waals surface area contributed by atoms with Gasteiger partial charge in [0.05, 0.1) is 29.5 Å². The third kappa shape index (κ3) is 11.0. The second-order valence-electron chi connectivity index (χ2n) is 8.99. The van der Waals surface area contributed by atoms with Gasteiger partial charge in [0.15, 0.2) is 0 Å². The molecular formula is C18H36O5Si. The summed E-state index contributed by atoms with van der Waals surface area (Å²) >= 11 is 0. The van der Waals surface area contributed by atoms with Gasteiger partial charge in [-0.1, -0.05) is 6.58 Å². The fourth-order valence-corrected chi connectivity index (χ4v) is 5.59. The third-order valence-electron chi connectivity index (χ3n) is 2.37. The van der Waals surface area contributed by atoms with E-state index in [0.717, 1.165) is 0 Å². The van der Waals surface area contributed by atoms with Crippen molar-refractivity contribution in [1.82, 2.24) is 0 Å². The van der Waals surface area contributed by atoms with Gasteiger partial charge in [-0.2, -0.15) is 0 Å². The van der Waals surface area contributed by atoms with Crippen LogP contribution in [-0.4, -0.2) is 38.2 Å². The summed E-state index contributed by atoms with van der Waals surface area (Å²) in [6.45, 7) is 23.1. The van der Waals surface area contributed by atoms with E-state index in [1.165, 1.54) is 0 Å². The van der Waals surface area contributed by atoms with Crippen LogP contribution in [0.4, 0.5) is 0 Å². The Balaban J connectivity index is 5.46. The van der Waals surface area contributed by atoms with Gasteiger partial charge in [-0.25, -0.2) is 4.79 Å². The summed E-state index contributed by atoms with van der Waals surface area (Å²) < 4.78 is 24.2. The number of esters is 1. The van der Waals surface area contributed by atoms with Gasteiger partial charge < -0.3 is 18.0 Å². The molecule has 0 N–H and O–H groups in total. The minimum atomic E-state index is -3.11. The van der Waals surface area contributed by atoms with Crippen molar-refractivity contribution in [2.24, 2.45) is 0 Å². The molecular weight excluding hydrogens is 324 g/mol. The van der Waals surface area contributed by atoms with Gasteiger partial charge in [0.2, 0.25) is 0 Å². The Morgan fingerprint density at radius 3 is 1.42 bits per heavy atom. The van der Waals surface area contributed by atoms with Gasteiger partial charge in [-0.15, -0.1) is 0 Å². The molecule has 0 aromatic heterocycles. The predicted octanol–water partition coefficient (Wildman–Crippen LogP) is 4.49. The summed E-state index contributed by atoms with van der Waals surface area (Å²) in [5, 5.41) is 0. The van der Waals surface area contributed by atoms with E-state index in [4.69, 9.17) is 18.0 Å². The molecule has 0 unspecified atom stereocenters. The first-order valence-corrected chi connectivity index (χ1v) is 10.3. The van der Waals surface area contributed by atoms with Crippen LogP contribution >= 0.6 is 0 Å². The lowest BCUT2D eigenvalue weighted by atomic mass is 10.2. The number of hydrogen-bond donors (Lipinski definition) is 0. The first-order chi connectivity index (χ1) is 10.4. The smallest absolute Gasteiger partial charge is 0.462 e. The molecule has 0 bridgehead atoms. The number of rotatable bonds is 7. The van der Waals surface area contributed by atoms with E-state index in [-0.39, 0.29) is 6.61 Å². The lowest BCUT2D eigenvalue weighted by molar-refractivity contribution is -0.139. The van der Waals surface area contributed by atoms with E-state index in [0.29, 0.717) is 11.6 Å².